The maximum absolute atomic E-state index is 10.1. The van der Waals surface area contributed by atoms with Crippen LogP contribution in [0.1, 0.15) is 65.7 Å². The predicted octanol–water partition coefficient (Wildman–Crippen LogP) is 4.38. The molecule has 0 aromatic rings. The number of rotatable bonds is 8. The molecule has 1 rings (SSSR count). The molecule has 0 fully saturated rings. The van der Waals surface area contributed by atoms with Gasteiger partial charge in [0.25, 0.3) is 6.47 Å². The van der Waals surface area contributed by atoms with E-state index in [1.165, 1.54) is 35.3 Å². The molecule has 7 heteroatoms. The molecule has 3 N–H and O–H groups in total. The molecule has 5 nitrogen and oxygen atoms in total. The van der Waals surface area contributed by atoms with Crippen molar-refractivity contribution in [2.45, 2.75) is 65.7 Å². The van der Waals surface area contributed by atoms with Crippen molar-refractivity contribution >= 4 is 38.3 Å². The highest BCUT2D eigenvalue weighted by molar-refractivity contribution is 7.84. The zero-order chi connectivity index (χ0) is 20.4. The number of nitrogens with one attached hydrogen (secondary N) is 2. The Morgan fingerprint density at radius 1 is 1.27 bits per heavy atom. The van der Waals surface area contributed by atoms with Crippen LogP contribution in [-0.4, -0.2) is 31.6 Å². The third kappa shape index (κ3) is 15.3. The summed E-state index contributed by atoms with van der Waals surface area (Å²) in [6.07, 6.45) is 11.2. The molecule has 0 radical (unpaired) electrons. The Bertz CT molecular complexity index is 450. The van der Waals surface area contributed by atoms with Crippen molar-refractivity contribution in [1.29, 1.82) is 0 Å². The summed E-state index contributed by atoms with van der Waals surface area (Å²) in [5, 5.41) is 9.59. The van der Waals surface area contributed by atoms with Crippen LogP contribution in [0, 0.1) is 5.41 Å². The van der Waals surface area contributed by atoms with Crippen molar-refractivity contribution < 1.29 is 14.7 Å². The highest BCUT2D eigenvalue weighted by Gasteiger charge is 2.26. The van der Waals surface area contributed by atoms with Crippen molar-refractivity contribution in [1.82, 2.24) is 10.0 Å². The standard InChI is InChI=1S/C17H29NOS.CH5NS.CH2O2/c1-14(8-6-4-5-7-11-18-13-19)15-12-17(2,3)10-9-16(15)20;1-2-3;2-1-3/h8,13,20H,4-7,9-12H2,1-3H3,(H,18,19);2-3H,1H3;1H,(H,2,3)/b14-8+;;. The van der Waals surface area contributed by atoms with E-state index in [9.17, 15) is 4.79 Å². The lowest BCUT2D eigenvalue weighted by Gasteiger charge is -2.32. The zero-order valence-corrected chi connectivity index (χ0v) is 18.3. The Morgan fingerprint density at radius 2 is 1.85 bits per heavy atom. The van der Waals surface area contributed by atoms with Gasteiger partial charge in [0.1, 0.15) is 0 Å². The molecule has 0 bridgehead atoms. The van der Waals surface area contributed by atoms with Crippen LogP contribution >= 0.6 is 25.4 Å². The normalized spacial score (nSPS) is 15.8. The summed E-state index contributed by atoms with van der Waals surface area (Å²) >= 11 is 8.21. The first-order valence-electron chi connectivity index (χ1n) is 8.93. The van der Waals surface area contributed by atoms with Crippen LogP contribution in [-0.2, 0) is 9.59 Å². The molecule has 1 amide bonds. The van der Waals surface area contributed by atoms with Crippen LogP contribution in [0.15, 0.2) is 22.1 Å². The fourth-order valence-corrected chi connectivity index (χ4v) is 3.06. The maximum atomic E-state index is 10.1. The van der Waals surface area contributed by atoms with E-state index >= 15 is 0 Å². The molecule has 152 valence electrons. The molecule has 0 atom stereocenters. The molecular weight excluding hydrogens is 368 g/mol. The Labute approximate surface area is 170 Å². The molecule has 1 aliphatic carbocycles. The van der Waals surface area contributed by atoms with Crippen molar-refractivity contribution in [3.8, 4) is 0 Å². The number of thiol groups is 2. The number of allylic oxidation sites excluding steroid dienone is 4. The Hall–Kier alpha value is -0.920. The summed E-state index contributed by atoms with van der Waals surface area (Å²) in [6.45, 7) is 7.47. The van der Waals surface area contributed by atoms with E-state index in [1.807, 2.05) is 0 Å². The molecule has 0 spiro atoms. The monoisotopic (exact) mass is 404 g/mol. The molecular formula is C19H36N2O3S2. The van der Waals surface area contributed by atoms with Crippen molar-refractivity contribution in [2.75, 3.05) is 13.6 Å². The summed E-state index contributed by atoms with van der Waals surface area (Å²) in [6, 6.07) is 0. The smallest absolute Gasteiger partial charge is 0.290 e. The lowest BCUT2D eigenvalue weighted by atomic mass is 9.75. The molecule has 0 unspecified atom stereocenters. The average molecular weight is 405 g/mol. The van der Waals surface area contributed by atoms with Crippen LogP contribution in [0.5, 0.6) is 0 Å². The third-order valence-electron chi connectivity index (χ3n) is 4.08. The second kappa shape index (κ2) is 17.5. The SMILES string of the molecule is C/C(=C\CCCCCNC=O)C1=C(S)CCC(C)(C)C1.CNS.O=CO. The van der Waals surface area contributed by atoms with Crippen molar-refractivity contribution in [3.05, 3.63) is 22.1 Å². The van der Waals surface area contributed by atoms with Crippen LogP contribution in [0.25, 0.3) is 0 Å². The first-order valence-corrected chi connectivity index (χ1v) is 9.82. The lowest BCUT2D eigenvalue weighted by molar-refractivity contribution is -0.122. The highest BCUT2D eigenvalue weighted by atomic mass is 32.1. The van der Waals surface area contributed by atoms with Gasteiger partial charge in [0.05, 0.1) is 0 Å². The Kier molecular flexibility index (Phi) is 18.4. The van der Waals surface area contributed by atoms with Gasteiger partial charge in [0.2, 0.25) is 6.41 Å². The van der Waals surface area contributed by atoms with Gasteiger partial charge in [-0.15, -0.1) is 12.6 Å². The van der Waals surface area contributed by atoms with E-state index in [-0.39, 0.29) is 6.47 Å². The molecule has 0 saturated heterocycles. The third-order valence-corrected chi connectivity index (χ3v) is 4.57. The number of amides is 1. The molecule has 1 aliphatic rings. The van der Waals surface area contributed by atoms with Crippen LogP contribution < -0.4 is 10.0 Å². The van der Waals surface area contributed by atoms with E-state index in [4.69, 9.17) is 9.90 Å². The number of hydrogen-bond donors (Lipinski definition) is 5. The van der Waals surface area contributed by atoms with Gasteiger partial charge in [-0.25, -0.2) is 0 Å². The number of unbranched alkanes of at least 4 members (excludes halogenated alkanes) is 3. The summed E-state index contributed by atoms with van der Waals surface area (Å²) in [5.41, 5.74) is 3.29. The van der Waals surface area contributed by atoms with E-state index in [1.54, 1.807) is 7.05 Å². The zero-order valence-electron chi connectivity index (χ0n) is 16.5. The van der Waals surface area contributed by atoms with Gasteiger partial charge >= 0.3 is 0 Å². The second-order valence-electron chi connectivity index (χ2n) is 6.90. The summed E-state index contributed by atoms with van der Waals surface area (Å²) in [4.78, 5) is 19.8. The first kappa shape index (κ1) is 27.3. The fraction of sp³-hybridized carbons (Fsp3) is 0.684. The minimum atomic E-state index is -0.250. The average Bonchev–Trinajstić information content (AvgIpc) is 2.57. The van der Waals surface area contributed by atoms with Crippen molar-refractivity contribution in [2.24, 2.45) is 5.41 Å². The second-order valence-corrected chi connectivity index (χ2v) is 7.89. The Balaban J connectivity index is 0. The van der Waals surface area contributed by atoms with Gasteiger partial charge in [0.15, 0.2) is 0 Å². The van der Waals surface area contributed by atoms with Gasteiger partial charge < -0.3 is 10.4 Å². The largest absolute Gasteiger partial charge is 0.483 e. The summed E-state index contributed by atoms with van der Waals surface area (Å²) < 4.78 is 2.44. The van der Waals surface area contributed by atoms with Gasteiger partial charge in [0, 0.05) is 6.54 Å². The van der Waals surface area contributed by atoms with E-state index in [2.05, 4.69) is 62.3 Å². The number of carboxylic acid groups (broad SMARTS) is 1. The van der Waals surface area contributed by atoms with E-state index < -0.39 is 0 Å². The number of carbonyl (C=O) groups is 2. The topological polar surface area (TPSA) is 78.4 Å². The number of hydrogen-bond acceptors (Lipinski definition) is 5. The van der Waals surface area contributed by atoms with E-state index in [0.29, 0.717) is 5.41 Å². The van der Waals surface area contributed by atoms with Crippen LogP contribution in [0.3, 0.4) is 0 Å². The molecule has 0 aliphatic heterocycles. The fourth-order valence-electron chi connectivity index (χ4n) is 2.69. The van der Waals surface area contributed by atoms with Crippen molar-refractivity contribution in [3.63, 3.8) is 0 Å². The minimum absolute atomic E-state index is 0.250. The summed E-state index contributed by atoms with van der Waals surface area (Å²) in [7, 11) is 1.74. The molecule has 0 aromatic heterocycles. The molecule has 26 heavy (non-hydrogen) atoms. The predicted molar refractivity (Wildman–Crippen MR) is 117 cm³/mol. The molecule has 0 heterocycles. The van der Waals surface area contributed by atoms with Gasteiger partial charge in [-0.1, -0.05) is 44.7 Å². The quantitative estimate of drug-likeness (QED) is 0.236. The molecule has 0 aromatic carbocycles. The van der Waals surface area contributed by atoms with Gasteiger partial charge in [-0.2, -0.15) is 0 Å². The lowest BCUT2D eigenvalue weighted by Crippen LogP contribution is -2.17. The maximum Gasteiger partial charge on any atom is 0.290 e. The van der Waals surface area contributed by atoms with Gasteiger partial charge in [-0.05, 0) is 68.4 Å². The van der Waals surface area contributed by atoms with Crippen LogP contribution in [0.2, 0.25) is 0 Å². The first-order chi connectivity index (χ1) is 12.3. The van der Waals surface area contributed by atoms with Crippen LogP contribution in [0.4, 0.5) is 0 Å². The Morgan fingerprint density at radius 3 is 2.38 bits per heavy atom. The molecule has 0 saturated carbocycles. The summed E-state index contributed by atoms with van der Waals surface area (Å²) in [5.74, 6) is 0. The number of carbonyl (C=O) groups excluding carboxylic acids is 1. The highest BCUT2D eigenvalue weighted by Crippen LogP contribution is 2.42. The van der Waals surface area contributed by atoms with Gasteiger partial charge in [-0.3, -0.25) is 14.3 Å². The minimum Gasteiger partial charge on any atom is -0.483 e. The van der Waals surface area contributed by atoms with E-state index in [0.717, 1.165) is 38.6 Å².